The average molecular weight is 825 g/mol. The number of rotatable bonds is 4. The molecule has 2 aliphatic heterocycles. The fraction of sp³-hybridized carbons (Fsp3) is 0.0167. The van der Waals surface area contributed by atoms with Crippen LogP contribution in [0.25, 0.3) is 83.9 Å². The van der Waals surface area contributed by atoms with E-state index in [2.05, 4.69) is 223 Å². The molecule has 14 rings (SSSR count). The van der Waals surface area contributed by atoms with Crippen LogP contribution in [0.15, 0.2) is 230 Å². The lowest BCUT2D eigenvalue weighted by Gasteiger charge is -2.40. The molecule has 0 amide bonds. The first-order valence-electron chi connectivity index (χ1n) is 22.4. The summed E-state index contributed by atoms with van der Waals surface area (Å²) in [4.78, 5) is 18.3. The van der Waals surface area contributed by atoms with Crippen LogP contribution in [0.2, 0.25) is 0 Å². The second kappa shape index (κ2) is 13.8. The predicted molar refractivity (Wildman–Crippen MR) is 267 cm³/mol. The molecule has 3 heterocycles. The zero-order valence-corrected chi connectivity index (χ0v) is 35.2. The van der Waals surface area contributed by atoms with Crippen molar-refractivity contribution in [2.24, 2.45) is 0 Å². The number of anilines is 1. The highest BCUT2D eigenvalue weighted by Crippen LogP contribution is 2.64. The van der Waals surface area contributed by atoms with E-state index >= 15 is 0 Å². The Bertz CT molecular complexity index is 3630. The summed E-state index contributed by atoms with van der Waals surface area (Å²) in [7, 11) is 0. The van der Waals surface area contributed by atoms with Gasteiger partial charge < -0.3 is 4.81 Å². The van der Waals surface area contributed by atoms with E-state index in [0.717, 1.165) is 33.0 Å². The van der Waals surface area contributed by atoms with Crippen LogP contribution in [0.1, 0.15) is 22.3 Å². The largest absolute Gasteiger partial charge is 0.382 e. The van der Waals surface area contributed by atoms with Gasteiger partial charge in [-0.05, 0) is 84.0 Å². The summed E-state index contributed by atoms with van der Waals surface area (Å²) < 4.78 is 0. The normalized spacial score (nSPS) is 14.4. The lowest BCUT2D eigenvalue weighted by Crippen LogP contribution is -2.50. The molecule has 0 radical (unpaired) electrons. The zero-order chi connectivity index (χ0) is 42.6. The first-order valence-corrected chi connectivity index (χ1v) is 22.4. The first kappa shape index (κ1) is 36.1. The van der Waals surface area contributed by atoms with Crippen LogP contribution in [-0.4, -0.2) is 21.8 Å². The van der Waals surface area contributed by atoms with Crippen LogP contribution in [0.5, 0.6) is 0 Å². The maximum Gasteiger partial charge on any atom is 0.321 e. The molecule has 0 fully saturated rings. The number of benzene rings is 9. The van der Waals surface area contributed by atoms with Crippen LogP contribution >= 0.6 is 0 Å². The minimum Gasteiger partial charge on any atom is -0.382 e. The molecule has 0 unspecified atom stereocenters. The summed E-state index contributed by atoms with van der Waals surface area (Å²) >= 11 is 0. The fourth-order valence-electron chi connectivity index (χ4n) is 11.4. The van der Waals surface area contributed by atoms with E-state index in [1.165, 1.54) is 72.4 Å². The minimum absolute atomic E-state index is 0.0397. The molecule has 4 aliphatic rings. The summed E-state index contributed by atoms with van der Waals surface area (Å²) in [5.41, 5.74) is 20.2. The molecule has 0 atom stereocenters. The molecule has 1 aromatic heterocycles. The quantitative estimate of drug-likeness (QED) is 0.166. The Morgan fingerprint density at radius 2 is 0.923 bits per heavy atom. The Kier molecular flexibility index (Phi) is 7.67. The Hall–Kier alpha value is -8.41. The van der Waals surface area contributed by atoms with Crippen LogP contribution in [0, 0.1) is 0 Å². The molecule has 0 bridgehead atoms. The molecular weight excluding hydrogens is 787 g/mol. The van der Waals surface area contributed by atoms with Crippen molar-refractivity contribution in [3.8, 4) is 67.5 Å². The third-order valence-corrected chi connectivity index (χ3v) is 14.2. The van der Waals surface area contributed by atoms with E-state index in [4.69, 9.17) is 15.0 Å². The van der Waals surface area contributed by atoms with Crippen LogP contribution in [0.3, 0.4) is 0 Å². The second-order valence-corrected chi connectivity index (χ2v) is 17.5. The number of para-hydroxylation sites is 1. The van der Waals surface area contributed by atoms with Gasteiger partial charge in [0.05, 0.1) is 5.41 Å². The van der Waals surface area contributed by atoms with Crippen molar-refractivity contribution in [2.75, 3.05) is 4.81 Å². The number of allylic oxidation sites excluding steroid dienone is 2. The highest BCUT2D eigenvalue weighted by atomic mass is 15.1. The van der Waals surface area contributed by atoms with Crippen molar-refractivity contribution in [1.29, 1.82) is 0 Å². The fourth-order valence-corrected chi connectivity index (χ4v) is 11.4. The molecule has 10 aromatic rings. The second-order valence-electron chi connectivity index (χ2n) is 17.5. The standard InChI is InChI=1S/C60H37BN4/c1-2-15-38(16-3-1)39-29-31-41(32-30-39)57-62-58(64-59(63-57)48-24-14-18-40-17-4-5-19-43(40)48)42-33-34-55-49(35-42)47-23-9-13-28-56(47)65-37-50-46-22-8-12-27-53(46)60(54(50)36-61(55)65)51-25-10-6-20-44(51)45-21-7-11-26-52(45)60/h1-37H. The monoisotopic (exact) mass is 824 g/mol. The smallest absolute Gasteiger partial charge is 0.321 e. The topological polar surface area (TPSA) is 41.9 Å². The number of hydrogen-bond acceptors (Lipinski definition) is 4. The van der Waals surface area contributed by atoms with Gasteiger partial charge in [-0.25, -0.2) is 15.0 Å². The molecule has 2 aliphatic carbocycles. The van der Waals surface area contributed by atoms with E-state index < -0.39 is 5.41 Å². The third-order valence-electron chi connectivity index (χ3n) is 14.2. The summed E-state index contributed by atoms with van der Waals surface area (Å²) in [5.74, 6) is 4.50. The van der Waals surface area contributed by atoms with E-state index in [1.54, 1.807) is 0 Å². The van der Waals surface area contributed by atoms with Crippen molar-refractivity contribution in [3.05, 3.63) is 252 Å². The number of aromatic nitrogens is 3. The predicted octanol–water partition coefficient (Wildman–Crippen LogP) is 13.2. The molecule has 4 nitrogen and oxygen atoms in total. The van der Waals surface area contributed by atoms with Gasteiger partial charge in [0.1, 0.15) is 0 Å². The number of fused-ring (bicyclic) bond motifs is 17. The van der Waals surface area contributed by atoms with Crippen molar-refractivity contribution < 1.29 is 0 Å². The highest BCUT2D eigenvalue weighted by molar-refractivity contribution is 6.84. The van der Waals surface area contributed by atoms with E-state index in [-0.39, 0.29) is 6.85 Å². The van der Waals surface area contributed by atoms with Crippen molar-refractivity contribution in [2.45, 2.75) is 5.41 Å². The third kappa shape index (κ3) is 5.18. The van der Waals surface area contributed by atoms with Crippen LogP contribution in [0.4, 0.5) is 5.69 Å². The van der Waals surface area contributed by atoms with E-state index in [9.17, 15) is 0 Å². The van der Waals surface area contributed by atoms with Gasteiger partial charge in [0, 0.05) is 39.7 Å². The van der Waals surface area contributed by atoms with Gasteiger partial charge in [-0.2, -0.15) is 0 Å². The maximum absolute atomic E-state index is 5.30. The number of nitrogens with zero attached hydrogens (tertiary/aromatic N) is 4. The Labute approximate surface area is 377 Å². The Morgan fingerprint density at radius 1 is 0.385 bits per heavy atom. The molecule has 5 heteroatoms. The lowest BCUT2D eigenvalue weighted by molar-refractivity contribution is 0.795. The van der Waals surface area contributed by atoms with Crippen LogP contribution < -0.4 is 10.3 Å². The molecule has 65 heavy (non-hydrogen) atoms. The van der Waals surface area contributed by atoms with Gasteiger partial charge >= 0.3 is 6.85 Å². The molecule has 0 saturated heterocycles. The first-order chi connectivity index (χ1) is 32.2. The van der Waals surface area contributed by atoms with Crippen molar-refractivity contribution >= 4 is 34.3 Å². The number of hydrogen-bond donors (Lipinski definition) is 0. The van der Waals surface area contributed by atoms with Gasteiger partial charge in [-0.3, -0.25) is 0 Å². The molecule has 9 aromatic carbocycles. The maximum atomic E-state index is 5.30. The summed E-state index contributed by atoms with van der Waals surface area (Å²) in [6, 6.07) is 76.7. The van der Waals surface area contributed by atoms with Gasteiger partial charge in [-0.1, -0.05) is 206 Å². The molecule has 0 saturated carbocycles. The van der Waals surface area contributed by atoms with E-state index in [0.29, 0.717) is 17.5 Å². The zero-order valence-electron chi connectivity index (χ0n) is 35.2. The van der Waals surface area contributed by atoms with Crippen molar-refractivity contribution in [3.63, 3.8) is 0 Å². The molecule has 300 valence electrons. The van der Waals surface area contributed by atoms with E-state index in [1.807, 2.05) is 6.07 Å². The average Bonchev–Trinajstić information content (AvgIpc) is 3.85. The lowest BCUT2D eigenvalue weighted by atomic mass is 9.47. The van der Waals surface area contributed by atoms with Crippen LogP contribution in [-0.2, 0) is 5.41 Å². The molecular formula is C60H37BN4. The summed E-state index contributed by atoms with van der Waals surface area (Å²) in [6.45, 7) is -0.0397. The Morgan fingerprint density at radius 3 is 1.69 bits per heavy atom. The Balaban J connectivity index is 0.954. The van der Waals surface area contributed by atoms with Gasteiger partial charge in [0.15, 0.2) is 17.5 Å². The minimum atomic E-state index is -0.419. The summed E-state index contributed by atoms with van der Waals surface area (Å²) in [6.07, 6.45) is 2.44. The van der Waals surface area contributed by atoms with Gasteiger partial charge in [0.2, 0.25) is 0 Å². The SMILES string of the molecule is C1=C2C(=CB3c4ccc(-c5nc(-c6ccc(-c7ccccc7)cc6)nc(-c6cccc7ccccc67)n5)cc4-c4ccccc4N13)C1(c3ccccc32)c2ccccc2-c2ccccc21. The molecule has 0 N–H and O–H groups in total. The highest BCUT2D eigenvalue weighted by Gasteiger charge is 2.55. The van der Waals surface area contributed by atoms with Gasteiger partial charge in [0.25, 0.3) is 0 Å². The van der Waals surface area contributed by atoms with Crippen molar-refractivity contribution in [1.82, 2.24) is 15.0 Å². The molecule has 1 spiro atoms. The summed E-state index contributed by atoms with van der Waals surface area (Å²) in [5, 5.41) is 2.25. The van der Waals surface area contributed by atoms with Gasteiger partial charge in [-0.15, -0.1) is 0 Å².